The summed E-state index contributed by atoms with van der Waals surface area (Å²) < 4.78 is 0. The molecule has 158 valence electrons. The van der Waals surface area contributed by atoms with Crippen LogP contribution in [0.4, 0.5) is 5.69 Å². The number of aromatic amines is 1. The monoisotopic (exact) mass is 430 g/mol. The lowest BCUT2D eigenvalue weighted by atomic mass is 10.1. The Balaban J connectivity index is 0.00000256. The first-order chi connectivity index (χ1) is 14.1. The van der Waals surface area contributed by atoms with Gasteiger partial charge in [-0.3, -0.25) is 25.0 Å². The van der Waals surface area contributed by atoms with E-state index in [0.717, 1.165) is 38.0 Å². The number of nitro benzene ring substituents is 1. The second-order valence-electron chi connectivity index (χ2n) is 7.15. The minimum absolute atomic E-state index is 0. The molecule has 3 aromatic rings. The summed E-state index contributed by atoms with van der Waals surface area (Å²) in [5.74, 6) is -0.241. The van der Waals surface area contributed by atoms with Gasteiger partial charge in [-0.05, 0) is 50.6 Å². The van der Waals surface area contributed by atoms with Gasteiger partial charge < -0.3 is 10.2 Å². The lowest BCUT2D eigenvalue weighted by Crippen LogP contribution is -2.40. The van der Waals surface area contributed by atoms with Crippen molar-refractivity contribution >= 4 is 34.9 Å². The van der Waals surface area contributed by atoms with Gasteiger partial charge in [0.15, 0.2) is 5.69 Å². The van der Waals surface area contributed by atoms with Crippen molar-refractivity contribution in [2.75, 3.05) is 13.1 Å². The van der Waals surface area contributed by atoms with Gasteiger partial charge in [0.2, 0.25) is 0 Å². The summed E-state index contributed by atoms with van der Waals surface area (Å²) in [4.78, 5) is 30.4. The van der Waals surface area contributed by atoms with Crippen molar-refractivity contribution in [2.24, 2.45) is 0 Å². The molecule has 2 aromatic heterocycles. The van der Waals surface area contributed by atoms with Crippen LogP contribution in [0.1, 0.15) is 35.4 Å². The summed E-state index contributed by atoms with van der Waals surface area (Å²) in [5, 5.41) is 22.0. The average molecular weight is 431 g/mol. The number of benzene rings is 1. The maximum absolute atomic E-state index is 13.5. The molecule has 1 fully saturated rings. The van der Waals surface area contributed by atoms with Crippen LogP contribution in [0, 0.1) is 10.1 Å². The van der Waals surface area contributed by atoms with Crippen molar-refractivity contribution in [3.63, 3.8) is 0 Å². The number of halogens is 1. The van der Waals surface area contributed by atoms with Crippen molar-refractivity contribution in [1.29, 1.82) is 0 Å². The summed E-state index contributed by atoms with van der Waals surface area (Å²) in [6.07, 6.45) is 4.40. The number of nitro groups is 1. The average Bonchev–Trinajstić information content (AvgIpc) is 2.97. The van der Waals surface area contributed by atoms with Crippen LogP contribution < -0.4 is 5.32 Å². The summed E-state index contributed by atoms with van der Waals surface area (Å²) >= 11 is 0. The van der Waals surface area contributed by atoms with Crippen LogP contribution in [0.2, 0.25) is 0 Å². The Morgan fingerprint density at radius 2 is 2.10 bits per heavy atom. The van der Waals surface area contributed by atoms with Gasteiger partial charge in [-0.15, -0.1) is 12.4 Å². The zero-order chi connectivity index (χ0) is 20.2. The third-order valence-electron chi connectivity index (χ3n) is 5.27. The van der Waals surface area contributed by atoms with Crippen LogP contribution in [0.15, 0.2) is 42.6 Å². The van der Waals surface area contributed by atoms with Crippen molar-refractivity contribution < 1.29 is 9.72 Å². The maximum Gasteiger partial charge on any atom is 0.275 e. The van der Waals surface area contributed by atoms with E-state index >= 15 is 0 Å². The number of nitrogens with one attached hydrogen (secondary N) is 2. The molecule has 1 amide bonds. The molecule has 9 nitrogen and oxygen atoms in total. The molecule has 1 saturated heterocycles. The van der Waals surface area contributed by atoms with Gasteiger partial charge >= 0.3 is 0 Å². The molecule has 0 radical (unpaired) electrons. The number of carbonyl (C=O) groups excluding carboxylic acids is 1. The number of amides is 1. The quantitative estimate of drug-likeness (QED) is 0.474. The largest absolute Gasteiger partial charge is 0.328 e. The van der Waals surface area contributed by atoms with E-state index in [-0.39, 0.29) is 35.7 Å². The predicted octanol–water partition coefficient (Wildman–Crippen LogP) is 3.07. The molecule has 1 aromatic carbocycles. The highest BCUT2D eigenvalue weighted by molar-refractivity contribution is 6.05. The maximum atomic E-state index is 13.5. The third-order valence-corrected chi connectivity index (χ3v) is 5.27. The van der Waals surface area contributed by atoms with E-state index in [1.165, 1.54) is 12.1 Å². The Morgan fingerprint density at radius 1 is 1.23 bits per heavy atom. The number of rotatable bonds is 5. The molecule has 3 heterocycles. The Morgan fingerprint density at radius 3 is 2.87 bits per heavy atom. The molecule has 4 rings (SSSR count). The lowest BCUT2D eigenvalue weighted by molar-refractivity contribution is -0.384. The molecule has 10 heteroatoms. The zero-order valence-electron chi connectivity index (χ0n) is 16.3. The molecule has 0 spiro atoms. The van der Waals surface area contributed by atoms with E-state index in [2.05, 4.69) is 20.5 Å². The Bertz CT molecular complexity index is 1020. The van der Waals surface area contributed by atoms with E-state index < -0.39 is 4.92 Å². The second-order valence-corrected chi connectivity index (χ2v) is 7.15. The fraction of sp³-hybridized carbons (Fsp3) is 0.350. The van der Waals surface area contributed by atoms with Crippen LogP contribution in [-0.4, -0.2) is 50.0 Å². The molecular weight excluding hydrogens is 408 g/mol. The number of hydrogen-bond donors (Lipinski definition) is 2. The third kappa shape index (κ3) is 4.58. The zero-order valence-corrected chi connectivity index (χ0v) is 17.1. The van der Waals surface area contributed by atoms with E-state index in [1.807, 2.05) is 23.1 Å². The summed E-state index contributed by atoms with van der Waals surface area (Å²) in [5.41, 5.74) is 1.53. The van der Waals surface area contributed by atoms with Crippen molar-refractivity contribution in [3.05, 3.63) is 64.1 Å². The first-order valence-corrected chi connectivity index (χ1v) is 9.67. The first kappa shape index (κ1) is 21.7. The molecule has 1 aliphatic heterocycles. The van der Waals surface area contributed by atoms with Gasteiger partial charge in [0.25, 0.3) is 11.6 Å². The van der Waals surface area contributed by atoms with Crippen LogP contribution in [0.5, 0.6) is 0 Å². The fourth-order valence-corrected chi connectivity index (χ4v) is 3.76. The van der Waals surface area contributed by atoms with Gasteiger partial charge in [0.05, 0.1) is 22.7 Å². The number of carbonyl (C=O) groups is 1. The van der Waals surface area contributed by atoms with Crippen LogP contribution in [-0.2, 0) is 6.54 Å². The number of non-ortho nitro benzene ring substituents is 1. The van der Waals surface area contributed by atoms with Crippen LogP contribution >= 0.6 is 12.4 Å². The van der Waals surface area contributed by atoms with E-state index in [4.69, 9.17) is 0 Å². The first-order valence-electron chi connectivity index (χ1n) is 9.67. The minimum atomic E-state index is -0.469. The summed E-state index contributed by atoms with van der Waals surface area (Å²) in [6.45, 7) is 2.14. The number of H-pyrrole nitrogens is 1. The Labute approximate surface area is 179 Å². The number of hydrogen-bond acceptors (Lipinski definition) is 6. The molecular formula is C20H23ClN6O3. The van der Waals surface area contributed by atoms with Crippen molar-refractivity contribution in [1.82, 2.24) is 25.4 Å². The standard InChI is InChI=1S/C20H22N6O3.ClH/c27-20(19-17-12-16(26(28)29)6-7-18(17)23-24-19)25(13-14-4-1-2-10-22-14)15-5-3-9-21-11-8-15;/h1-2,4,6-7,10,12,15,21H,3,5,8-9,11,13H2,(H,23,24);1H. The van der Waals surface area contributed by atoms with Gasteiger partial charge in [-0.25, -0.2) is 0 Å². The smallest absolute Gasteiger partial charge is 0.275 e. The van der Waals surface area contributed by atoms with E-state index in [0.29, 0.717) is 17.4 Å². The minimum Gasteiger partial charge on any atom is -0.328 e. The van der Waals surface area contributed by atoms with Gasteiger partial charge in [0, 0.05) is 29.8 Å². The van der Waals surface area contributed by atoms with Gasteiger partial charge in [-0.1, -0.05) is 6.07 Å². The fourth-order valence-electron chi connectivity index (χ4n) is 3.76. The van der Waals surface area contributed by atoms with Crippen molar-refractivity contribution in [2.45, 2.75) is 31.8 Å². The molecule has 1 atom stereocenters. The Hall–Kier alpha value is -3.04. The number of pyridine rings is 1. The molecule has 2 N–H and O–H groups in total. The predicted molar refractivity (Wildman–Crippen MR) is 115 cm³/mol. The molecule has 1 aliphatic rings. The lowest BCUT2D eigenvalue weighted by Gasteiger charge is -2.30. The highest BCUT2D eigenvalue weighted by Gasteiger charge is 2.29. The summed E-state index contributed by atoms with van der Waals surface area (Å²) in [7, 11) is 0. The number of aromatic nitrogens is 3. The van der Waals surface area contributed by atoms with E-state index in [9.17, 15) is 14.9 Å². The van der Waals surface area contributed by atoms with Crippen molar-refractivity contribution in [3.8, 4) is 0 Å². The second kappa shape index (κ2) is 9.64. The molecule has 30 heavy (non-hydrogen) atoms. The topological polar surface area (TPSA) is 117 Å². The SMILES string of the molecule is Cl.O=C(c1n[nH]c2ccc([N+](=O)[O-])cc12)N(Cc1ccccn1)C1CCCNCC1. The molecule has 1 unspecified atom stereocenters. The van der Waals surface area contributed by atoms with E-state index in [1.54, 1.807) is 12.3 Å². The van der Waals surface area contributed by atoms with Crippen LogP contribution in [0.25, 0.3) is 10.9 Å². The summed E-state index contributed by atoms with van der Waals surface area (Å²) in [6, 6.07) is 10.1. The van der Waals surface area contributed by atoms with Crippen LogP contribution in [0.3, 0.4) is 0 Å². The highest BCUT2D eigenvalue weighted by atomic mass is 35.5. The Kier molecular flexibility index (Phi) is 6.96. The number of fused-ring (bicyclic) bond motifs is 1. The normalized spacial score (nSPS) is 16.5. The highest BCUT2D eigenvalue weighted by Crippen LogP contribution is 2.25. The van der Waals surface area contributed by atoms with Gasteiger partial charge in [0.1, 0.15) is 0 Å². The van der Waals surface area contributed by atoms with Gasteiger partial charge in [-0.2, -0.15) is 5.10 Å². The number of nitrogens with zero attached hydrogens (tertiary/aromatic N) is 4. The molecule has 0 bridgehead atoms. The molecule has 0 aliphatic carbocycles. The molecule has 0 saturated carbocycles.